The molecule has 0 aliphatic carbocycles. The van der Waals surface area contributed by atoms with Crippen LogP contribution in [-0.4, -0.2) is 28.5 Å². The Balaban J connectivity index is 2.88. The van der Waals surface area contributed by atoms with Gasteiger partial charge < -0.3 is 10.2 Å². The molecule has 0 aliphatic rings. The molecule has 1 aromatic rings. The lowest BCUT2D eigenvalue weighted by atomic mass is 10.0. The average molecular weight is 247 g/mol. The fourth-order valence-electron chi connectivity index (χ4n) is 1.31. The van der Waals surface area contributed by atoms with Crippen LogP contribution in [0.3, 0.4) is 0 Å². The molecule has 88 valence electrons. The molecule has 0 saturated carbocycles. The van der Waals surface area contributed by atoms with Gasteiger partial charge in [0.05, 0.1) is 11.7 Å². The molecule has 1 aromatic carbocycles. The van der Waals surface area contributed by atoms with E-state index in [1.165, 1.54) is 12.1 Å². The number of carbonyl (C=O) groups is 1. The molecule has 0 saturated heterocycles. The van der Waals surface area contributed by atoms with E-state index in [4.69, 9.17) is 11.6 Å². The number of alkyl halides is 1. The predicted molar refractivity (Wildman–Crippen MR) is 58.1 cm³/mol. The van der Waals surface area contributed by atoms with Gasteiger partial charge in [-0.05, 0) is 24.1 Å². The molecule has 0 amide bonds. The monoisotopic (exact) mass is 246 g/mol. The summed E-state index contributed by atoms with van der Waals surface area (Å²) >= 11 is 5.42. The van der Waals surface area contributed by atoms with E-state index in [0.29, 0.717) is 6.29 Å². The molecule has 0 radical (unpaired) electrons. The van der Waals surface area contributed by atoms with Crippen molar-refractivity contribution in [3.8, 4) is 0 Å². The minimum atomic E-state index is -1.20. The van der Waals surface area contributed by atoms with Gasteiger partial charge in [-0.1, -0.05) is 6.07 Å². The molecule has 0 fully saturated rings. The molecular formula is C11H12ClFO3. The number of carbonyl (C=O) groups excluding carboxylic acids is 1. The summed E-state index contributed by atoms with van der Waals surface area (Å²) in [6.45, 7) is 0. The normalized spacial score (nSPS) is 14.5. The Bertz CT molecular complexity index is 370. The molecule has 5 heteroatoms. The summed E-state index contributed by atoms with van der Waals surface area (Å²) in [5, 5.41) is 19.1. The number of benzene rings is 1. The SMILES string of the molecule is O=Cc1ccc(C(O)C(O)CCCl)cc1F. The molecule has 16 heavy (non-hydrogen) atoms. The average Bonchev–Trinajstić information content (AvgIpc) is 2.28. The Kier molecular flexibility index (Phi) is 4.86. The van der Waals surface area contributed by atoms with Crippen molar-refractivity contribution in [3.05, 3.63) is 35.1 Å². The minimum absolute atomic E-state index is 0.0808. The van der Waals surface area contributed by atoms with E-state index >= 15 is 0 Å². The van der Waals surface area contributed by atoms with Gasteiger partial charge in [0.15, 0.2) is 6.29 Å². The third kappa shape index (κ3) is 3.01. The van der Waals surface area contributed by atoms with Crippen LogP contribution in [0.1, 0.15) is 28.4 Å². The smallest absolute Gasteiger partial charge is 0.152 e. The van der Waals surface area contributed by atoms with Crippen LogP contribution in [0.15, 0.2) is 18.2 Å². The van der Waals surface area contributed by atoms with Crippen LogP contribution in [0.2, 0.25) is 0 Å². The van der Waals surface area contributed by atoms with Crippen LogP contribution in [0, 0.1) is 5.82 Å². The first-order valence-corrected chi connectivity index (χ1v) is 5.30. The Labute approximate surface area is 97.5 Å². The molecule has 0 aromatic heterocycles. The first-order chi connectivity index (χ1) is 7.60. The van der Waals surface area contributed by atoms with Crippen molar-refractivity contribution in [1.82, 2.24) is 0 Å². The summed E-state index contributed by atoms with van der Waals surface area (Å²) in [4.78, 5) is 10.4. The van der Waals surface area contributed by atoms with Gasteiger partial charge in [-0.2, -0.15) is 0 Å². The van der Waals surface area contributed by atoms with Crippen molar-refractivity contribution in [2.75, 3.05) is 5.88 Å². The number of hydrogen-bond donors (Lipinski definition) is 2. The van der Waals surface area contributed by atoms with Crippen LogP contribution in [-0.2, 0) is 0 Å². The number of hydrogen-bond acceptors (Lipinski definition) is 3. The van der Waals surface area contributed by atoms with Crippen molar-refractivity contribution < 1.29 is 19.4 Å². The largest absolute Gasteiger partial charge is 0.390 e. The van der Waals surface area contributed by atoms with Gasteiger partial charge in [-0.25, -0.2) is 4.39 Å². The number of aldehydes is 1. The van der Waals surface area contributed by atoms with Crippen molar-refractivity contribution >= 4 is 17.9 Å². The zero-order valence-electron chi connectivity index (χ0n) is 8.44. The molecule has 2 N–H and O–H groups in total. The molecular weight excluding hydrogens is 235 g/mol. The van der Waals surface area contributed by atoms with Crippen LogP contribution in [0.25, 0.3) is 0 Å². The van der Waals surface area contributed by atoms with E-state index in [9.17, 15) is 19.4 Å². The number of aliphatic hydroxyl groups excluding tert-OH is 2. The molecule has 1 rings (SSSR count). The molecule has 0 spiro atoms. The highest BCUT2D eigenvalue weighted by atomic mass is 35.5. The highest BCUT2D eigenvalue weighted by Crippen LogP contribution is 2.21. The Hall–Kier alpha value is -0.970. The zero-order valence-corrected chi connectivity index (χ0v) is 9.19. The summed E-state index contributed by atoms with van der Waals surface area (Å²) in [5.74, 6) is -0.516. The minimum Gasteiger partial charge on any atom is -0.390 e. The van der Waals surface area contributed by atoms with E-state index in [1.807, 2.05) is 0 Å². The third-order valence-corrected chi connectivity index (χ3v) is 2.48. The first kappa shape index (κ1) is 13.1. The molecule has 2 unspecified atom stereocenters. The first-order valence-electron chi connectivity index (χ1n) is 4.77. The summed E-state index contributed by atoms with van der Waals surface area (Å²) < 4.78 is 13.2. The van der Waals surface area contributed by atoms with E-state index < -0.39 is 18.0 Å². The highest BCUT2D eigenvalue weighted by molar-refractivity contribution is 6.17. The Morgan fingerprint density at radius 1 is 1.44 bits per heavy atom. The van der Waals surface area contributed by atoms with Gasteiger partial charge in [0.1, 0.15) is 11.9 Å². The molecule has 0 heterocycles. The van der Waals surface area contributed by atoms with E-state index in [1.54, 1.807) is 0 Å². The van der Waals surface area contributed by atoms with Gasteiger partial charge in [0.2, 0.25) is 0 Å². The van der Waals surface area contributed by atoms with Gasteiger partial charge >= 0.3 is 0 Å². The lowest BCUT2D eigenvalue weighted by Crippen LogP contribution is -2.18. The summed E-state index contributed by atoms with van der Waals surface area (Å²) in [5.41, 5.74) is 0.142. The fraction of sp³-hybridized carbons (Fsp3) is 0.364. The lowest BCUT2D eigenvalue weighted by Gasteiger charge is -2.17. The van der Waals surface area contributed by atoms with Crippen molar-refractivity contribution in [2.24, 2.45) is 0 Å². The van der Waals surface area contributed by atoms with Gasteiger partial charge in [-0.15, -0.1) is 11.6 Å². The van der Waals surface area contributed by atoms with Gasteiger partial charge in [0.25, 0.3) is 0 Å². The number of aliphatic hydroxyl groups is 2. The van der Waals surface area contributed by atoms with Crippen LogP contribution >= 0.6 is 11.6 Å². The highest BCUT2D eigenvalue weighted by Gasteiger charge is 2.18. The van der Waals surface area contributed by atoms with Crippen LogP contribution in [0.4, 0.5) is 4.39 Å². The van der Waals surface area contributed by atoms with Crippen molar-refractivity contribution in [3.63, 3.8) is 0 Å². The predicted octanol–water partition coefficient (Wildman–Crippen LogP) is 1.66. The standard InChI is InChI=1S/C11H12ClFO3/c12-4-3-10(15)11(16)7-1-2-8(6-14)9(13)5-7/h1-2,5-6,10-11,15-16H,3-4H2. The van der Waals surface area contributed by atoms with E-state index in [0.717, 1.165) is 6.07 Å². The number of halogens is 2. The Morgan fingerprint density at radius 3 is 2.62 bits per heavy atom. The summed E-state index contributed by atoms with van der Waals surface area (Å²) in [6.07, 6.45) is -1.64. The Morgan fingerprint density at radius 2 is 2.12 bits per heavy atom. The third-order valence-electron chi connectivity index (χ3n) is 2.26. The van der Waals surface area contributed by atoms with E-state index in [-0.39, 0.29) is 23.4 Å². The second kappa shape index (κ2) is 5.94. The second-order valence-corrected chi connectivity index (χ2v) is 3.77. The molecule has 0 aliphatic heterocycles. The zero-order chi connectivity index (χ0) is 12.1. The fourth-order valence-corrected chi connectivity index (χ4v) is 1.54. The molecule has 2 atom stereocenters. The summed E-state index contributed by atoms with van der Waals surface area (Å²) in [6, 6.07) is 3.69. The number of rotatable bonds is 5. The van der Waals surface area contributed by atoms with E-state index in [2.05, 4.69) is 0 Å². The lowest BCUT2D eigenvalue weighted by molar-refractivity contribution is 0.0168. The van der Waals surface area contributed by atoms with Gasteiger partial charge in [0, 0.05) is 5.88 Å². The van der Waals surface area contributed by atoms with Crippen LogP contribution < -0.4 is 0 Å². The maximum Gasteiger partial charge on any atom is 0.152 e. The van der Waals surface area contributed by atoms with Gasteiger partial charge in [-0.3, -0.25) is 4.79 Å². The second-order valence-electron chi connectivity index (χ2n) is 3.39. The maximum absolute atomic E-state index is 13.2. The maximum atomic E-state index is 13.2. The van der Waals surface area contributed by atoms with Crippen molar-refractivity contribution in [2.45, 2.75) is 18.6 Å². The quantitative estimate of drug-likeness (QED) is 0.614. The molecule has 0 bridgehead atoms. The topological polar surface area (TPSA) is 57.5 Å². The molecule has 3 nitrogen and oxygen atoms in total. The summed E-state index contributed by atoms with van der Waals surface area (Å²) in [7, 11) is 0. The van der Waals surface area contributed by atoms with Crippen LogP contribution in [0.5, 0.6) is 0 Å². The van der Waals surface area contributed by atoms with Crippen molar-refractivity contribution in [1.29, 1.82) is 0 Å².